The van der Waals surface area contributed by atoms with E-state index in [2.05, 4.69) is 24.4 Å². The second-order valence-corrected chi connectivity index (χ2v) is 5.16. The van der Waals surface area contributed by atoms with Crippen molar-refractivity contribution in [3.63, 3.8) is 0 Å². The summed E-state index contributed by atoms with van der Waals surface area (Å²) in [5, 5.41) is 2.97. The number of carbonyl (C=O) groups is 1. The lowest BCUT2D eigenvalue weighted by molar-refractivity contribution is 0.0843. The number of rotatable bonds is 5. The van der Waals surface area contributed by atoms with Crippen molar-refractivity contribution in [1.29, 1.82) is 0 Å². The third-order valence-corrected chi connectivity index (χ3v) is 3.84. The number of unbranched alkanes of at least 4 members (excludes halogenated alkanes) is 2. The second kappa shape index (κ2) is 6.08. The first kappa shape index (κ1) is 12.5. The van der Waals surface area contributed by atoms with E-state index in [0.717, 1.165) is 25.7 Å². The van der Waals surface area contributed by atoms with E-state index in [0.29, 0.717) is 5.92 Å². The summed E-state index contributed by atoms with van der Waals surface area (Å²) in [6.07, 6.45) is 12.4. The van der Waals surface area contributed by atoms with Crippen LogP contribution in [0.3, 0.4) is 0 Å². The number of hydrogen-bond acceptors (Lipinski definition) is 2. The quantitative estimate of drug-likeness (QED) is 0.588. The van der Waals surface area contributed by atoms with Crippen LogP contribution >= 0.6 is 0 Å². The molecule has 1 N–H and O–H groups in total. The van der Waals surface area contributed by atoms with Crippen LogP contribution < -0.4 is 5.32 Å². The van der Waals surface area contributed by atoms with Crippen LogP contribution in [-0.2, 0) is 4.74 Å². The monoisotopic (exact) mass is 237 g/mol. The van der Waals surface area contributed by atoms with Gasteiger partial charge >= 0.3 is 6.09 Å². The molecule has 96 valence electrons. The highest BCUT2D eigenvalue weighted by Gasteiger charge is 2.38. The molecule has 0 spiro atoms. The Morgan fingerprint density at radius 2 is 2.29 bits per heavy atom. The van der Waals surface area contributed by atoms with Gasteiger partial charge in [0.25, 0.3) is 0 Å². The van der Waals surface area contributed by atoms with Crippen molar-refractivity contribution in [1.82, 2.24) is 5.32 Å². The minimum Gasteiger partial charge on any atom is -0.444 e. The van der Waals surface area contributed by atoms with Crippen molar-refractivity contribution in [3.05, 3.63) is 12.2 Å². The van der Waals surface area contributed by atoms with Crippen LogP contribution in [0.15, 0.2) is 12.2 Å². The molecular formula is C14H23NO2. The topological polar surface area (TPSA) is 38.3 Å². The highest BCUT2D eigenvalue weighted by Crippen LogP contribution is 2.30. The van der Waals surface area contributed by atoms with Crippen molar-refractivity contribution >= 4 is 6.09 Å². The van der Waals surface area contributed by atoms with E-state index in [9.17, 15) is 4.79 Å². The summed E-state index contributed by atoms with van der Waals surface area (Å²) in [5.74, 6) is 0.519. The summed E-state index contributed by atoms with van der Waals surface area (Å²) in [7, 11) is 0. The first-order valence-electron chi connectivity index (χ1n) is 6.93. The molecule has 0 aromatic heterocycles. The molecule has 3 atom stereocenters. The van der Waals surface area contributed by atoms with Crippen LogP contribution in [0.5, 0.6) is 0 Å². The summed E-state index contributed by atoms with van der Waals surface area (Å²) < 4.78 is 5.46. The minimum atomic E-state index is -0.217. The Balaban J connectivity index is 1.88. The third kappa shape index (κ3) is 3.24. The molecule has 1 aliphatic carbocycles. The molecule has 2 rings (SSSR count). The maximum atomic E-state index is 11.4. The lowest BCUT2D eigenvalue weighted by Gasteiger charge is -2.26. The van der Waals surface area contributed by atoms with Gasteiger partial charge in [0, 0.05) is 5.92 Å². The Kier molecular flexibility index (Phi) is 4.46. The molecule has 0 bridgehead atoms. The van der Waals surface area contributed by atoms with Crippen molar-refractivity contribution in [2.75, 3.05) is 0 Å². The van der Waals surface area contributed by atoms with E-state index >= 15 is 0 Å². The van der Waals surface area contributed by atoms with Crippen LogP contribution in [0, 0.1) is 5.92 Å². The average Bonchev–Trinajstić information content (AvgIpc) is 2.72. The van der Waals surface area contributed by atoms with Crippen molar-refractivity contribution in [2.45, 2.75) is 64.0 Å². The van der Waals surface area contributed by atoms with Crippen LogP contribution in [0.25, 0.3) is 0 Å². The number of amides is 1. The summed E-state index contributed by atoms with van der Waals surface area (Å²) in [6, 6.07) is 0.241. The summed E-state index contributed by atoms with van der Waals surface area (Å²) in [4.78, 5) is 11.4. The Hall–Kier alpha value is -0.990. The van der Waals surface area contributed by atoms with E-state index in [1.807, 2.05) is 0 Å². The standard InChI is InChI=1S/C14H23NO2/c1-2-3-5-10-12-13(17-14(16)15-12)11-8-6-4-7-9-11/h4,6,11-13H,2-3,5,7-10H2,1H3,(H,15,16)/t11?,12-,13-/m1/s1. The zero-order valence-electron chi connectivity index (χ0n) is 10.7. The summed E-state index contributed by atoms with van der Waals surface area (Å²) >= 11 is 0. The predicted molar refractivity (Wildman–Crippen MR) is 67.8 cm³/mol. The predicted octanol–water partition coefficient (Wildman–Crippen LogP) is 3.40. The highest BCUT2D eigenvalue weighted by atomic mass is 16.6. The molecule has 1 amide bonds. The SMILES string of the molecule is CCCCC[C@H]1NC(=O)O[C@@H]1C1CC=CCC1. The molecule has 1 saturated heterocycles. The first-order chi connectivity index (χ1) is 8.31. The number of nitrogens with one attached hydrogen (secondary N) is 1. The molecular weight excluding hydrogens is 214 g/mol. The van der Waals surface area contributed by atoms with Crippen LogP contribution in [0.1, 0.15) is 51.9 Å². The molecule has 3 heteroatoms. The average molecular weight is 237 g/mol. The lowest BCUT2D eigenvalue weighted by atomic mass is 9.85. The molecule has 17 heavy (non-hydrogen) atoms. The Morgan fingerprint density at radius 1 is 1.41 bits per heavy atom. The van der Waals surface area contributed by atoms with Crippen LogP contribution in [0.2, 0.25) is 0 Å². The van der Waals surface area contributed by atoms with Gasteiger partial charge < -0.3 is 10.1 Å². The highest BCUT2D eigenvalue weighted by molar-refractivity contribution is 5.70. The van der Waals surface area contributed by atoms with Gasteiger partial charge in [-0.3, -0.25) is 0 Å². The number of cyclic esters (lactones) is 1. The fourth-order valence-electron chi connectivity index (χ4n) is 2.86. The molecule has 1 unspecified atom stereocenters. The maximum absolute atomic E-state index is 11.4. The maximum Gasteiger partial charge on any atom is 0.407 e. The molecule has 1 heterocycles. The van der Waals surface area contributed by atoms with Gasteiger partial charge in [-0.2, -0.15) is 0 Å². The molecule has 1 fully saturated rings. The van der Waals surface area contributed by atoms with Gasteiger partial charge in [0.1, 0.15) is 6.10 Å². The Bertz CT molecular complexity index is 288. The van der Waals surface area contributed by atoms with E-state index in [-0.39, 0.29) is 18.2 Å². The van der Waals surface area contributed by atoms with Gasteiger partial charge in [-0.15, -0.1) is 0 Å². The second-order valence-electron chi connectivity index (χ2n) is 5.16. The van der Waals surface area contributed by atoms with Gasteiger partial charge in [0.05, 0.1) is 6.04 Å². The Labute approximate surface area is 104 Å². The number of alkyl carbamates (subject to hydrolysis) is 1. The summed E-state index contributed by atoms with van der Waals surface area (Å²) in [6.45, 7) is 2.20. The third-order valence-electron chi connectivity index (χ3n) is 3.84. The normalized spacial score (nSPS) is 32.3. The van der Waals surface area contributed by atoms with Gasteiger partial charge in [-0.25, -0.2) is 4.79 Å². The van der Waals surface area contributed by atoms with E-state index in [1.165, 1.54) is 19.3 Å². The molecule has 0 saturated carbocycles. The van der Waals surface area contributed by atoms with E-state index in [4.69, 9.17) is 4.74 Å². The van der Waals surface area contributed by atoms with E-state index < -0.39 is 0 Å². The van der Waals surface area contributed by atoms with Gasteiger partial charge in [-0.05, 0) is 25.7 Å². The molecule has 1 aliphatic heterocycles. The zero-order valence-corrected chi connectivity index (χ0v) is 10.7. The van der Waals surface area contributed by atoms with Crippen molar-refractivity contribution < 1.29 is 9.53 Å². The molecule has 0 aromatic rings. The number of carbonyl (C=O) groups excluding carboxylic acids is 1. The first-order valence-corrected chi connectivity index (χ1v) is 6.93. The van der Waals surface area contributed by atoms with Gasteiger partial charge in [-0.1, -0.05) is 38.3 Å². The largest absolute Gasteiger partial charge is 0.444 e. The minimum absolute atomic E-state index is 0.101. The molecule has 0 radical (unpaired) electrons. The summed E-state index contributed by atoms with van der Waals surface area (Å²) in [5.41, 5.74) is 0. The number of allylic oxidation sites excluding steroid dienone is 2. The van der Waals surface area contributed by atoms with Crippen LogP contribution in [-0.4, -0.2) is 18.2 Å². The van der Waals surface area contributed by atoms with Gasteiger partial charge in [0.15, 0.2) is 0 Å². The van der Waals surface area contributed by atoms with Crippen molar-refractivity contribution in [2.24, 2.45) is 5.92 Å². The molecule has 3 nitrogen and oxygen atoms in total. The van der Waals surface area contributed by atoms with Crippen molar-refractivity contribution in [3.8, 4) is 0 Å². The lowest BCUT2D eigenvalue weighted by Crippen LogP contribution is -2.36. The fourth-order valence-corrected chi connectivity index (χ4v) is 2.86. The molecule has 0 aromatic carbocycles. The number of ether oxygens (including phenoxy) is 1. The Morgan fingerprint density at radius 3 is 3.00 bits per heavy atom. The van der Waals surface area contributed by atoms with Gasteiger partial charge in [0.2, 0.25) is 0 Å². The fraction of sp³-hybridized carbons (Fsp3) is 0.786. The smallest absolute Gasteiger partial charge is 0.407 e. The molecule has 2 aliphatic rings. The van der Waals surface area contributed by atoms with Crippen LogP contribution in [0.4, 0.5) is 4.79 Å². The number of hydrogen-bond donors (Lipinski definition) is 1. The van der Waals surface area contributed by atoms with E-state index in [1.54, 1.807) is 0 Å². The zero-order chi connectivity index (χ0) is 12.1.